The summed E-state index contributed by atoms with van der Waals surface area (Å²) in [6.45, 7) is 2.64. The van der Waals surface area contributed by atoms with Gasteiger partial charge in [-0.25, -0.2) is 14.6 Å². The minimum absolute atomic E-state index is 0.122. The zero-order valence-electron chi connectivity index (χ0n) is 25.5. The molecule has 0 bridgehead atoms. The summed E-state index contributed by atoms with van der Waals surface area (Å²) >= 11 is 0. The van der Waals surface area contributed by atoms with Crippen LogP contribution in [-0.4, -0.2) is 73.3 Å². The number of carbonyl (C=O) groups is 3. The van der Waals surface area contributed by atoms with Crippen LogP contribution in [0, 0.1) is 5.92 Å². The maximum atomic E-state index is 13.7. The number of allylic oxidation sites excluding steroid dienone is 1. The standard InChI is InChI=1S/C34H40N4O6/c1-4-43-32(40)34-22-24(34)14-10-5-6-11-18-38(2)33(41)36-27(31(39)37-34)17-19-44-30-21-28(23-12-8-7-9-13-23)35-29-20-25(42-3)15-16-26(29)30/h7-10,12-16,20-21,24,27H,4-6,11,17-19,22H2,1-3H3,(H,36,41)(H,37,39)/b14-10-/t24-,27-,34+/m0/s1. The van der Waals surface area contributed by atoms with E-state index in [4.69, 9.17) is 19.2 Å². The Bertz CT molecular complexity index is 1530. The van der Waals surface area contributed by atoms with Crippen LogP contribution in [0.1, 0.15) is 39.0 Å². The Morgan fingerprint density at radius 1 is 1.11 bits per heavy atom. The van der Waals surface area contributed by atoms with Crippen molar-refractivity contribution in [2.24, 2.45) is 5.92 Å². The molecule has 1 saturated carbocycles. The second-order valence-electron chi connectivity index (χ2n) is 11.2. The van der Waals surface area contributed by atoms with Crippen LogP contribution in [0.3, 0.4) is 0 Å². The average Bonchev–Trinajstić information content (AvgIpc) is 3.74. The molecule has 2 aromatic carbocycles. The van der Waals surface area contributed by atoms with Crippen LogP contribution in [0.2, 0.25) is 0 Å². The van der Waals surface area contributed by atoms with Crippen LogP contribution >= 0.6 is 0 Å². The van der Waals surface area contributed by atoms with E-state index < -0.39 is 23.5 Å². The predicted octanol–water partition coefficient (Wildman–Crippen LogP) is 4.87. The molecular weight excluding hydrogens is 560 g/mol. The summed E-state index contributed by atoms with van der Waals surface area (Å²) in [4.78, 5) is 46.2. The fraction of sp³-hybridized carbons (Fsp3) is 0.412. The van der Waals surface area contributed by atoms with E-state index in [1.807, 2.05) is 66.7 Å². The summed E-state index contributed by atoms with van der Waals surface area (Å²) < 4.78 is 17.1. The van der Waals surface area contributed by atoms with E-state index in [2.05, 4.69) is 10.6 Å². The van der Waals surface area contributed by atoms with Gasteiger partial charge in [-0.2, -0.15) is 0 Å². The molecule has 1 aliphatic heterocycles. The normalized spacial score (nSPS) is 23.0. The Hall–Kier alpha value is -4.60. The van der Waals surface area contributed by atoms with E-state index in [0.717, 1.165) is 35.9 Å². The lowest BCUT2D eigenvalue weighted by molar-refractivity contribution is -0.149. The van der Waals surface area contributed by atoms with E-state index in [1.54, 1.807) is 26.0 Å². The molecule has 2 heterocycles. The summed E-state index contributed by atoms with van der Waals surface area (Å²) in [6.07, 6.45) is 7.25. The first kappa shape index (κ1) is 30.8. The van der Waals surface area contributed by atoms with Gasteiger partial charge in [-0.15, -0.1) is 0 Å². The SMILES string of the molecule is CCOC(=O)[C@@]12C[C@@H]1/C=C\CCCCN(C)C(=O)N[C@@H](CCOc1cc(-c3ccccc3)nc3cc(OC)ccc13)C(=O)N2. The molecule has 1 aromatic heterocycles. The maximum absolute atomic E-state index is 13.7. The molecule has 0 unspecified atom stereocenters. The number of esters is 1. The zero-order valence-corrected chi connectivity index (χ0v) is 25.5. The van der Waals surface area contributed by atoms with E-state index in [1.165, 1.54) is 0 Å². The Morgan fingerprint density at radius 3 is 2.70 bits per heavy atom. The van der Waals surface area contributed by atoms with Gasteiger partial charge < -0.3 is 29.7 Å². The fourth-order valence-corrected chi connectivity index (χ4v) is 5.48. The summed E-state index contributed by atoms with van der Waals surface area (Å²) in [6, 6.07) is 16.0. The molecule has 3 atom stereocenters. The first-order chi connectivity index (χ1) is 21.3. The minimum Gasteiger partial charge on any atom is -0.497 e. The number of urea groups is 1. The second-order valence-corrected chi connectivity index (χ2v) is 11.2. The van der Waals surface area contributed by atoms with Crippen molar-refractivity contribution >= 4 is 28.8 Å². The molecule has 2 N–H and O–H groups in total. The molecule has 44 heavy (non-hydrogen) atoms. The van der Waals surface area contributed by atoms with E-state index in [-0.39, 0.29) is 31.6 Å². The number of fused-ring (bicyclic) bond motifs is 2. The van der Waals surface area contributed by atoms with E-state index in [9.17, 15) is 14.4 Å². The molecule has 2 aliphatic rings. The van der Waals surface area contributed by atoms with Gasteiger partial charge in [0, 0.05) is 49.0 Å². The van der Waals surface area contributed by atoms with Gasteiger partial charge in [-0.05, 0) is 44.7 Å². The number of ether oxygens (including phenoxy) is 3. The van der Waals surface area contributed by atoms with Crippen LogP contribution in [0.25, 0.3) is 22.2 Å². The molecule has 10 nitrogen and oxygen atoms in total. The first-order valence-corrected chi connectivity index (χ1v) is 15.2. The van der Waals surface area contributed by atoms with Crippen molar-refractivity contribution in [2.75, 3.05) is 33.9 Å². The highest BCUT2D eigenvalue weighted by atomic mass is 16.5. The quantitative estimate of drug-likeness (QED) is 0.280. The highest BCUT2D eigenvalue weighted by molar-refractivity contribution is 5.95. The van der Waals surface area contributed by atoms with Crippen molar-refractivity contribution in [2.45, 2.75) is 50.6 Å². The molecule has 0 radical (unpaired) electrons. The smallest absolute Gasteiger partial charge is 0.332 e. The molecule has 1 fully saturated rings. The minimum atomic E-state index is -1.13. The lowest BCUT2D eigenvalue weighted by atomic mass is 10.1. The number of amides is 3. The molecule has 0 saturated heterocycles. The molecule has 3 amide bonds. The number of pyridine rings is 1. The van der Waals surface area contributed by atoms with Crippen molar-refractivity contribution < 1.29 is 28.6 Å². The lowest BCUT2D eigenvalue weighted by Crippen LogP contribution is -2.56. The van der Waals surface area contributed by atoms with Crippen LogP contribution in [0.5, 0.6) is 11.5 Å². The molecular formula is C34H40N4O6. The largest absolute Gasteiger partial charge is 0.497 e. The van der Waals surface area contributed by atoms with Gasteiger partial charge in [-0.3, -0.25) is 4.79 Å². The average molecular weight is 601 g/mol. The van der Waals surface area contributed by atoms with Gasteiger partial charge in [-0.1, -0.05) is 42.5 Å². The van der Waals surface area contributed by atoms with Crippen LogP contribution in [0.15, 0.2) is 66.7 Å². The number of carbonyl (C=O) groups excluding carboxylic acids is 3. The van der Waals surface area contributed by atoms with Crippen molar-refractivity contribution in [1.82, 2.24) is 20.5 Å². The van der Waals surface area contributed by atoms with Crippen LogP contribution in [-0.2, 0) is 14.3 Å². The third-order valence-electron chi connectivity index (χ3n) is 8.16. The molecule has 3 aromatic rings. The fourth-order valence-electron chi connectivity index (χ4n) is 5.48. The number of hydrogen-bond donors (Lipinski definition) is 2. The van der Waals surface area contributed by atoms with Crippen molar-refractivity contribution in [3.8, 4) is 22.8 Å². The lowest BCUT2D eigenvalue weighted by Gasteiger charge is -2.26. The summed E-state index contributed by atoms with van der Waals surface area (Å²) in [5.41, 5.74) is 1.24. The van der Waals surface area contributed by atoms with Crippen LogP contribution < -0.4 is 20.1 Å². The molecule has 1 aliphatic carbocycles. The Kier molecular flexibility index (Phi) is 9.67. The number of hydrogen-bond acceptors (Lipinski definition) is 7. The third-order valence-corrected chi connectivity index (χ3v) is 8.16. The predicted molar refractivity (Wildman–Crippen MR) is 167 cm³/mol. The number of nitrogens with zero attached hydrogens (tertiary/aromatic N) is 2. The highest BCUT2D eigenvalue weighted by Gasteiger charge is 2.61. The van der Waals surface area contributed by atoms with Gasteiger partial charge in [0.25, 0.3) is 0 Å². The maximum Gasteiger partial charge on any atom is 0.332 e. The topological polar surface area (TPSA) is 119 Å². The molecule has 10 heteroatoms. The molecule has 232 valence electrons. The van der Waals surface area contributed by atoms with Crippen LogP contribution in [0.4, 0.5) is 4.79 Å². The van der Waals surface area contributed by atoms with Gasteiger partial charge >= 0.3 is 12.0 Å². The van der Waals surface area contributed by atoms with E-state index in [0.29, 0.717) is 30.0 Å². The van der Waals surface area contributed by atoms with Gasteiger partial charge in [0.2, 0.25) is 5.91 Å². The van der Waals surface area contributed by atoms with Gasteiger partial charge in [0.1, 0.15) is 23.1 Å². The molecule has 5 rings (SSSR count). The number of methoxy groups -OCH3 is 1. The van der Waals surface area contributed by atoms with Crippen molar-refractivity contribution in [3.05, 3.63) is 66.7 Å². The zero-order chi connectivity index (χ0) is 31.1. The van der Waals surface area contributed by atoms with Gasteiger partial charge in [0.05, 0.1) is 31.5 Å². The first-order valence-electron chi connectivity index (χ1n) is 15.2. The summed E-state index contributed by atoms with van der Waals surface area (Å²) in [5, 5.41) is 6.60. The van der Waals surface area contributed by atoms with Crippen molar-refractivity contribution in [3.63, 3.8) is 0 Å². The number of benzene rings is 2. The number of aromatic nitrogens is 1. The Morgan fingerprint density at radius 2 is 1.93 bits per heavy atom. The van der Waals surface area contributed by atoms with E-state index >= 15 is 0 Å². The second kappa shape index (κ2) is 13.8. The Balaban J connectivity index is 1.39. The van der Waals surface area contributed by atoms with Crippen molar-refractivity contribution in [1.29, 1.82) is 0 Å². The summed E-state index contributed by atoms with van der Waals surface area (Å²) in [7, 11) is 3.32. The molecule has 0 spiro atoms. The Labute approximate surface area is 257 Å². The summed E-state index contributed by atoms with van der Waals surface area (Å²) in [5.74, 6) is 0.205. The monoisotopic (exact) mass is 600 g/mol. The number of rotatable bonds is 8. The third kappa shape index (κ3) is 6.96. The number of nitrogens with one attached hydrogen (secondary N) is 2. The highest BCUT2D eigenvalue weighted by Crippen LogP contribution is 2.46. The van der Waals surface area contributed by atoms with Gasteiger partial charge in [0.15, 0.2) is 0 Å².